The zero-order chi connectivity index (χ0) is 24.5. The Kier molecular flexibility index (Phi) is 5.93. The van der Waals surface area contributed by atoms with Crippen LogP contribution in [0.15, 0.2) is 72.6 Å². The molecule has 182 valence electrons. The van der Waals surface area contributed by atoms with Crippen LogP contribution in [0.2, 0.25) is 0 Å². The molecule has 0 unspecified atom stereocenters. The van der Waals surface area contributed by atoms with Crippen molar-refractivity contribution in [3.63, 3.8) is 0 Å². The zero-order valence-corrected chi connectivity index (χ0v) is 19.8. The van der Waals surface area contributed by atoms with Crippen LogP contribution in [0.25, 0.3) is 17.0 Å². The number of allylic oxidation sites excluding steroid dienone is 1. The van der Waals surface area contributed by atoms with Gasteiger partial charge in [-0.15, -0.1) is 0 Å². The molecule has 0 atom stereocenters. The molecule has 2 aliphatic rings. The first-order valence-electron chi connectivity index (χ1n) is 12.2. The van der Waals surface area contributed by atoms with Crippen molar-refractivity contribution in [3.05, 3.63) is 94.9 Å². The van der Waals surface area contributed by atoms with Crippen LogP contribution in [-0.4, -0.2) is 47.0 Å². The zero-order valence-electron chi connectivity index (χ0n) is 19.8. The molecule has 3 N–H and O–H groups in total. The Balaban J connectivity index is 1.27. The van der Waals surface area contributed by atoms with E-state index in [2.05, 4.69) is 15.2 Å². The third-order valence-corrected chi connectivity index (χ3v) is 6.74. The number of aromatic nitrogens is 1. The van der Waals surface area contributed by atoms with Crippen LogP contribution in [0.5, 0.6) is 17.2 Å². The molecule has 0 saturated carbocycles. The Hall–Kier alpha value is -4.07. The van der Waals surface area contributed by atoms with Crippen molar-refractivity contribution >= 4 is 22.8 Å². The van der Waals surface area contributed by atoms with Gasteiger partial charge in [0.2, 0.25) is 5.78 Å². The molecule has 0 amide bonds. The fraction of sp³-hybridized carbons (Fsp3) is 0.207. The molecule has 0 radical (unpaired) electrons. The first-order chi connectivity index (χ1) is 17.7. The smallest absolute Gasteiger partial charge is 0.231 e. The van der Waals surface area contributed by atoms with Gasteiger partial charge in [0.25, 0.3) is 0 Å². The Bertz CT molecular complexity index is 1450. The van der Waals surface area contributed by atoms with Crippen molar-refractivity contribution in [2.45, 2.75) is 13.2 Å². The lowest BCUT2D eigenvalue weighted by molar-refractivity contribution is 0.101. The third-order valence-electron chi connectivity index (χ3n) is 6.74. The highest BCUT2D eigenvalue weighted by molar-refractivity contribution is 6.15. The molecule has 1 fully saturated rings. The van der Waals surface area contributed by atoms with E-state index >= 15 is 0 Å². The van der Waals surface area contributed by atoms with E-state index in [1.807, 2.05) is 54.7 Å². The molecular formula is C29H27N3O4. The average molecular weight is 482 g/mol. The van der Waals surface area contributed by atoms with E-state index in [1.54, 1.807) is 18.2 Å². The molecule has 7 heteroatoms. The maximum Gasteiger partial charge on any atom is 0.231 e. The van der Waals surface area contributed by atoms with Gasteiger partial charge in [-0.05, 0) is 29.8 Å². The Morgan fingerprint density at radius 1 is 1.03 bits per heavy atom. The third kappa shape index (κ3) is 4.23. The van der Waals surface area contributed by atoms with E-state index in [1.165, 1.54) is 0 Å². The average Bonchev–Trinajstić information content (AvgIpc) is 3.47. The van der Waals surface area contributed by atoms with E-state index in [4.69, 9.17) is 9.47 Å². The number of carbonyl (C=O) groups excluding carboxylic acids is 1. The topological polar surface area (TPSA) is 86.8 Å². The number of aromatic amines is 1. The molecule has 0 spiro atoms. The van der Waals surface area contributed by atoms with Crippen molar-refractivity contribution in [2.24, 2.45) is 0 Å². The molecule has 2 aliphatic heterocycles. The van der Waals surface area contributed by atoms with Gasteiger partial charge in [-0.2, -0.15) is 0 Å². The summed E-state index contributed by atoms with van der Waals surface area (Å²) in [5.74, 6) is 1.40. The summed E-state index contributed by atoms with van der Waals surface area (Å²) in [7, 11) is 0. The monoisotopic (exact) mass is 481 g/mol. The number of H-pyrrole nitrogens is 1. The number of phenolic OH excluding ortho intramolecular Hbond substituents is 1. The Morgan fingerprint density at radius 3 is 2.69 bits per heavy atom. The first kappa shape index (κ1) is 22.4. The van der Waals surface area contributed by atoms with E-state index < -0.39 is 0 Å². The van der Waals surface area contributed by atoms with Crippen LogP contribution >= 0.6 is 0 Å². The number of Topliss-reactive ketones (excluding diaryl/α,β-unsaturated/α-hetero) is 1. The lowest BCUT2D eigenvalue weighted by Crippen LogP contribution is -2.42. The van der Waals surface area contributed by atoms with Crippen LogP contribution in [0.4, 0.5) is 0 Å². The minimum absolute atomic E-state index is 0.147. The van der Waals surface area contributed by atoms with Gasteiger partial charge in [-0.25, -0.2) is 0 Å². The number of nitrogens with one attached hydrogen (secondary N) is 2. The van der Waals surface area contributed by atoms with Crippen molar-refractivity contribution in [2.75, 3.05) is 26.2 Å². The summed E-state index contributed by atoms with van der Waals surface area (Å²) in [5, 5.41) is 14.8. The van der Waals surface area contributed by atoms with Gasteiger partial charge in [0.15, 0.2) is 5.76 Å². The number of phenols is 1. The van der Waals surface area contributed by atoms with Gasteiger partial charge in [-0.1, -0.05) is 42.5 Å². The van der Waals surface area contributed by atoms with Gasteiger partial charge in [0.1, 0.15) is 23.9 Å². The number of rotatable bonds is 6. The highest BCUT2D eigenvalue weighted by Gasteiger charge is 2.32. The number of carbonyl (C=O) groups is 1. The van der Waals surface area contributed by atoms with Crippen LogP contribution in [0, 0.1) is 0 Å². The number of ketones is 1. The van der Waals surface area contributed by atoms with Crippen LogP contribution in [0.1, 0.15) is 27.0 Å². The molecule has 1 saturated heterocycles. The minimum atomic E-state index is -0.183. The van der Waals surface area contributed by atoms with E-state index in [0.717, 1.165) is 54.0 Å². The number of nitrogens with zero attached hydrogens (tertiary/aromatic N) is 1. The molecule has 3 heterocycles. The molecule has 7 nitrogen and oxygen atoms in total. The van der Waals surface area contributed by atoms with Crippen LogP contribution in [-0.2, 0) is 13.2 Å². The van der Waals surface area contributed by atoms with Gasteiger partial charge < -0.3 is 24.9 Å². The summed E-state index contributed by atoms with van der Waals surface area (Å²) >= 11 is 0. The van der Waals surface area contributed by atoms with E-state index in [-0.39, 0.29) is 17.3 Å². The van der Waals surface area contributed by atoms with Gasteiger partial charge in [0, 0.05) is 49.9 Å². The minimum Gasteiger partial charge on any atom is -0.507 e. The highest BCUT2D eigenvalue weighted by atomic mass is 16.5. The number of benzene rings is 3. The van der Waals surface area contributed by atoms with Crippen LogP contribution < -0.4 is 14.8 Å². The number of hydrogen-bond donors (Lipinski definition) is 3. The van der Waals surface area contributed by atoms with E-state index in [0.29, 0.717) is 30.0 Å². The van der Waals surface area contributed by atoms with Crippen LogP contribution in [0.3, 0.4) is 0 Å². The van der Waals surface area contributed by atoms with E-state index in [9.17, 15) is 9.90 Å². The maximum atomic E-state index is 13.2. The largest absolute Gasteiger partial charge is 0.507 e. The summed E-state index contributed by atoms with van der Waals surface area (Å²) in [6.45, 7) is 4.56. The van der Waals surface area contributed by atoms with Crippen molar-refractivity contribution < 1.29 is 19.4 Å². The Morgan fingerprint density at radius 2 is 1.86 bits per heavy atom. The van der Waals surface area contributed by atoms with Gasteiger partial charge in [0.05, 0.1) is 16.6 Å². The number of fused-ring (bicyclic) bond motifs is 2. The summed E-state index contributed by atoms with van der Waals surface area (Å²) in [6.07, 6.45) is 3.61. The first-order valence-corrected chi connectivity index (χ1v) is 12.2. The molecule has 6 rings (SSSR count). The number of para-hydroxylation sites is 1. The second-order valence-corrected chi connectivity index (χ2v) is 9.10. The molecule has 0 bridgehead atoms. The fourth-order valence-corrected chi connectivity index (χ4v) is 4.81. The summed E-state index contributed by atoms with van der Waals surface area (Å²) < 4.78 is 12.2. The SMILES string of the molecule is O=C1/C(=C/c2c[nH]c3c(OCc4ccccc4)cccc23)Oc2c1ccc(O)c2CN1CCNCC1. The molecule has 0 aliphatic carbocycles. The molecule has 36 heavy (non-hydrogen) atoms. The number of ether oxygens (including phenoxy) is 2. The van der Waals surface area contributed by atoms with Crippen molar-refractivity contribution in [3.8, 4) is 17.2 Å². The number of aromatic hydroxyl groups is 1. The molecular weight excluding hydrogens is 454 g/mol. The second kappa shape index (κ2) is 9.53. The Labute approximate surface area is 209 Å². The van der Waals surface area contributed by atoms with Crippen molar-refractivity contribution in [1.29, 1.82) is 0 Å². The lowest BCUT2D eigenvalue weighted by Gasteiger charge is -2.27. The fourth-order valence-electron chi connectivity index (χ4n) is 4.81. The number of hydrogen-bond acceptors (Lipinski definition) is 6. The summed E-state index contributed by atoms with van der Waals surface area (Å²) in [5.41, 5.74) is 3.92. The highest BCUT2D eigenvalue weighted by Crippen LogP contribution is 2.40. The summed E-state index contributed by atoms with van der Waals surface area (Å²) in [6, 6.07) is 19.1. The quantitative estimate of drug-likeness (QED) is 0.352. The van der Waals surface area contributed by atoms with Gasteiger partial charge >= 0.3 is 0 Å². The molecule has 3 aromatic carbocycles. The molecule has 4 aromatic rings. The molecule has 1 aromatic heterocycles. The number of piperazine rings is 1. The lowest BCUT2D eigenvalue weighted by atomic mass is 10.0. The normalized spacial score (nSPS) is 16.9. The predicted molar refractivity (Wildman–Crippen MR) is 138 cm³/mol. The second-order valence-electron chi connectivity index (χ2n) is 9.10. The maximum absolute atomic E-state index is 13.2. The van der Waals surface area contributed by atoms with Gasteiger partial charge in [-0.3, -0.25) is 9.69 Å². The van der Waals surface area contributed by atoms with Crippen molar-refractivity contribution in [1.82, 2.24) is 15.2 Å². The summed E-state index contributed by atoms with van der Waals surface area (Å²) in [4.78, 5) is 18.7. The standard InChI is InChI=1S/C29H27N3O4/c33-24-10-9-22-28(34)26(36-29(22)23(24)17-32-13-11-30-12-14-32)15-20-16-31-27-21(20)7-4-8-25(27)35-18-19-5-2-1-3-6-19/h1-10,15-16,30-31,33H,11-14,17-18H2/b26-15-. The predicted octanol–water partition coefficient (Wildman–Crippen LogP) is 4.47.